The molecule has 1 aliphatic rings. The Morgan fingerprint density at radius 3 is 2.18 bits per heavy atom. The minimum Gasteiger partial charge on any atom is -0.497 e. The third kappa shape index (κ3) is 3.86. The summed E-state index contributed by atoms with van der Waals surface area (Å²) in [4.78, 5) is 15.6. The number of fused-ring (bicyclic) bond motifs is 2. The highest BCUT2D eigenvalue weighted by molar-refractivity contribution is 6.31. The predicted octanol–water partition coefficient (Wildman–Crippen LogP) is 6.76. The van der Waals surface area contributed by atoms with Crippen molar-refractivity contribution in [2.45, 2.75) is 13.2 Å². The van der Waals surface area contributed by atoms with Crippen LogP contribution in [0.4, 0.5) is 5.69 Å². The van der Waals surface area contributed by atoms with E-state index in [1.54, 1.807) is 27.4 Å². The molecule has 1 aliphatic heterocycles. The summed E-state index contributed by atoms with van der Waals surface area (Å²) >= 11 is 0. The fraction of sp³-hybridized carbons (Fsp3) is 0.156. The zero-order valence-corrected chi connectivity index (χ0v) is 21.5. The van der Waals surface area contributed by atoms with Gasteiger partial charge in [0.1, 0.15) is 18.1 Å². The second-order valence-electron chi connectivity index (χ2n) is 9.17. The maximum absolute atomic E-state index is 13.8. The van der Waals surface area contributed by atoms with Gasteiger partial charge in [-0.1, -0.05) is 54.6 Å². The molecule has 190 valence electrons. The highest BCUT2D eigenvalue weighted by Crippen LogP contribution is 2.50. The van der Waals surface area contributed by atoms with Gasteiger partial charge >= 0.3 is 0 Å². The van der Waals surface area contributed by atoms with Gasteiger partial charge < -0.3 is 23.8 Å². The predicted molar refractivity (Wildman–Crippen MR) is 149 cm³/mol. The molecule has 0 spiro atoms. The Kier molecular flexibility index (Phi) is 6.00. The molecule has 1 heterocycles. The van der Waals surface area contributed by atoms with Crippen molar-refractivity contribution in [3.8, 4) is 23.0 Å². The third-order valence-electron chi connectivity index (χ3n) is 7.05. The highest BCUT2D eigenvalue weighted by Gasteiger charge is 2.34. The van der Waals surface area contributed by atoms with Crippen LogP contribution in [0.5, 0.6) is 23.0 Å². The van der Waals surface area contributed by atoms with Crippen LogP contribution in [0.15, 0.2) is 84.9 Å². The molecule has 0 atom stereocenters. The Labute approximate surface area is 220 Å². The Hall–Kier alpha value is -4.71. The summed E-state index contributed by atoms with van der Waals surface area (Å²) in [6.45, 7) is 0.845. The Balaban J connectivity index is 1.54. The molecule has 6 nitrogen and oxygen atoms in total. The van der Waals surface area contributed by atoms with E-state index in [2.05, 4.69) is 6.07 Å². The highest BCUT2D eigenvalue weighted by atomic mass is 16.5. The lowest BCUT2D eigenvalue weighted by Gasteiger charge is -2.20. The van der Waals surface area contributed by atoms with Gasteiger partial charge in [0.15, 0.2) is 11.5 Å². The second kappa shape index (κ2) is 9.63. The van der Waals surface area contributed by atoms with Gasteiger partial charge in [-0.05, 0) is 46.8 Å². The van der Waals surface area contributed by atoms with Crippen molar-refractivity contribution in [1.29, 1.82) is 0 Å². The normalized spacial score (nSPS) is 12.3. The topological polar surface area (TPSA) is 57.2 Å². The van der Waals surface area contributed by atoms with Gasteiger partial charge in [0.2, 0.25) is 0 Å². The van der Waals surface area contributed by atoms with E-state index in [9.17, 15) is 4.79 Å². The lowest BCUT2D eigenvalue weighted by atomic mass is 9.96. The molecule has 0 N–H and O–H groups in total. The minimum absolute atomic E-state index is 0.0798. The van der Waals surface area contributed by atoms with Crippen LogP contribution in [-0.2, 0) is 13.2 Å². The number of rotatable bonds is 8. The smallest absolute Gasteiger partial charge is 0.259 e. The lowest BCUT2D eigenvalue weighted by molar-refractivity contribution is 0.0991. The number of amides is 1. The molecule has 5 aromatic rings. The van der Waals surface area contributed by atoms with Crippen molar-refractivity contribution in [2.24, 2.45) is 0 Å². The molecule has 5 aromatic carbocycles. The number of methoxy groups -OCH3 is 3. The summed E-state index contributed by atoms with van der Waals surface area (Å²) in [7, 11) is 4.85. The summed E-state index contributed by atoms with van der Waals surface area (Å²) in [5.41, 5.74) is 3.49. The maximum atomic E-state index is 13.8. The Bertz CT molecular complexity index is 1660. The number of hydrogen-bond donors (Lipinski definition) is 0. The first kappa shape index (κ1) is 23.7. The van der Waals surface area contributed by atoms with Crippen LogP contribution in [0.2, 0.25) is 0 Å². The average molecular weight is 506 g/mol. The van der Waals surface area contributed by atoms with Crippen LogP contribution in [0.1, 0.15) is 21.5 Å². The number of hydrogen-bond acceptors (Lipinski definition) is 5. The van der Waals surface area contributed by atoms with E-state index in [0.717, 1.165) is 49.9 Å². The van der Waals surface area contributed by atoms with Gasteiger partial charge in [0.05, 0.1) is 39.1 Å². The molecule has 0 unspecified atom stereocenters. The summed E-state index contributed by atoms with van der Waals surface area (Å²) in [6, 6.07) is 27.6. The van der Waals surface area contributed by atoms with Crippen LogP contribution >= 0.6 is 0 Å². The molecular formula is C32H27NO5. The zero-order valence-electron chi connectivity index (χ0n) is 21.5. The van der Waals surface area contributed by atoms with Crippen molar-refractivity contribution in [1.82, 2.24) is 0 Å². The number of benzene rings is 5. The van der Waals surface area contributed by atoms with Gasteiger partial charge in [-0.3, -0.25) is 4.79 Å². The standard InChI is InChI=1S/C32H27NO5/c1-35-22-14-12-20(13-15-22)18-33-26-16-24-23(10-7-11-27(24)38-19-21-8-5-4-6-9-21)30-29(26)25(32(33)34)17-28(36-2)31(30)37-3/h4-17H,18-19H2,1-3H3. The summed E-state index contributed by atoms with van der Waals surface area (Å²) in [5, 5.41) is 3.53. The fourth-order valence-electron chi connectivity index (χ4n) is 5.21. The summed E-state index contributed by atoms with van der Waals surface area (Å²) < 4.78 is 23.2. The molecule has 0 saturated heterocycles. The van der Waals surface area contributed by atoms with E-state index >= 15 is 0 Å². The monoisotopic (exact) mass is 505 g/mol. The molecular weight excluding hydrogens is 478 g/mol. The van der Waals surface area contributed by atoms with E-state index in [1.807, 2.05) is 77.7 Å². The van der Waals surface area contributed by atoms with Crippen LogP contribution in [-0.4, -0.2) is 27.2 Å². The molecule has 0 fully saturated rings. The van der Waals surface area contributed by atoms with Gasteiger partial charge in [-0.25, -0.2) is 0 Å². The fourth-order valence-corrected chi connectivity index (χ4v) is 5.21. The molecule has 0 radical (unpaired) electrons. The van der Waals surface area contributed by atoms with Crippen molar-refractivity contribution >= 4 is 33.1 Å². The first-order valence-electron chi connectivity index (χ1n) is 12.4. The molecule has 6 heteroatoms. The average Bonchev–Trinajstić information content (AvgIpc) is 3.23. The van der Waals surface area contributed by atoms with E-state index in [0.29, 0.717) is 30.2 Å². The summed E-state index contributed by atoms with van der Waals surface area (Å²) in [5.74, 6) is 2.54. The van der Waals surface area contributed by atoms with Crippen LogP contribution in [0, 0.1) is 0 Å². The quantitative estimate of drug-likeness (QED) is 0.218. The number of nitrogens with zero attached hydrogens (tertiary/aromatic N) is 1. The number of carbonyl (C=O) groups is 1. The minimum atomic E-state index is -0.0798. The van der Waals surface area contributed by atoms with Gasteiger partial charge in [-0.2, -0.15) is 0 Å². The first-order chi connectivity index (χ1) is 18.6. The van der Waals surface area contributed by atoms with Crippen LogP contribution in [0.3, 0.4) is 0 Å². The zero-order chi connectivity index (χ0) is 26.2. The summed E-state index contributed by atoms with van der Waals surface area (Å²) in [6.07, 6.45) is 0. The third-order valence-corrected chi connectivity index (χ3v) is 7.05. The van der Waals surface area contributed by atoms with Crippen molar-refractivity contribution in [3.63, 3.8) is 0 Å². The van der Waals surface area contributed by atoms with Crippen LogP contribution < -0.4 is 23.8 Å². The first-order valence-corrected chi connectivity index (χ1v) is 12.4. The molecule has 0 aromatic heterocycles. The van der Waals surface area contributed by atoms with Gasteiger partial charge in [0, 0.05) is 16.2 Å². The van der Waals surface area contributed by atoms with Crippen LogP contribution in [0.25, 0.3) is 21.5 Å². The van der Waals surface area contributed by atoms with Crippen molar-refractivity contribution in [2.75, 3.05) is 26.2 Å². The van der Waals surface area contributed by atoms with E-state index in [4.69, 9.17) is 18.9 Å². The van der Waals surface area contributed by atoms with Crippen molar-refractivity contribution in [3.05, 3.63) is 102 Å². The Morgan fingerprint density at radius 1 is 0.684 bits per heavy atom. The molecule has 0 aliphatic carbocycles. The lowest BCUT2D eigenvalue weighted by Crippen LogP contribution is -2.26. The number of anilines is 1. The molecule has 0 bridgehead atoms. The molecule has 0 saturated carbocycles. The maximum Gasteiger partial charge on any atom is 0.259 e. The number of ether oxygens (including phenoxy) is 4. The van der Waals surface area contributed by atoms with Gasteiger partial charge in [0.25, 0.3) is 5.91 Å². The van der Waals surface area contributed by atoms with Crippen molar-refractivity contribution < 1.29 is 23.7 Å². The molecule has 6 rings (SSSR count). The Morgan fingerprint density at radius 2 is 1.47 bits per heavy atom. The molecule has 1 amide bonds. The largest absolute Gasteiger partial charge is 0.497 e. The van der Waals surface area contributed by atoms with E-state index in [-0.39, 0.29) is 5.91 Å². The van der Waals surface area contributed by atoms with E-state index < -0.39 is 0 Å². The SMILES string of the molecule is COc1ccc(CN2C(=O)c3cc(OC)c(OC)c4c3c2cc2c(OCc3ccccc3)cccc24)cc1. The second-order valence-corrected chi connectivity index (χ2v) is 9.17. The number of carbonyl (C=O) groups excluding carboxylic acids is 1. The molecule has 38 heavy (non-hydrogen) atoms. The van der Waals surface area contributed by atoms with Gasteiger partial charge in [-0.15, -0.1) is 0 Å². The van der Waals surface area contributed by atoms with E-state index in [1.165, 1.54) is 0 Å².